The molecule has 0 aromatic carbocycles. The molecule has 2 spiro atoms. The molecule has 2 bridgehead atoms. The van der Waals surface area contributed by atoms with Crippen LogP contribution in [0.3, 0.4) is 0 Å². The fourth-order valence-electron chi connectivity index (χ4n) is 6.50. The molecule has 0 radical (unpaired) electrons. The predicted molar refractivity (Wildman–Crippen MR) is 125 cm³/mol. The highest BCUT2D eigenvalue weighted by Crippen LogP contribution is 2.72. The zero-order valence-corrected chi connectivity index (χ0v) is 20.7. The summed E-state index contributed by atoms with van der Waals surface area (Å²) >= 11 is 0. The van der Waals surface area contributed by atoms with Crippen molar-refractivity contribution >= 4 is 17.9 Å². The fourth-order valence-corrected chi connectivity index (χ4v) is 6.50. The molecule has 7 atom stereocenters. The topological polar surface area (TPSA) is 121 Å². The minimum Gasteiger partial charge on any atom is -0.462 e. The molecule has 1 saturated carbocycles. The molecule has 3 aliphatic heterocycles. The van der Waals surface area contributed by atoms with Gasteiger partial charge in [0.2, 0.25) is 0 Å². The Bertz CT molecular complexity index is 1080. The van der Waals surface area contributed by atoms with Crippen molar-refractivity contribution in [3.63, 3.8) is 0 Å². The molecule has 194 valence electrons. The summed E-state index contributed by atoms with van der Waals surface area (Å²) in [7, 11) is 0. The summed E-state index contributed by atoms with van der Waals surface area (Å²) in [6.45, 7) is 6.21. The fraction of sp³-hybridized carbons (Fsp3) is 0.593. The second-order valence-corrected chi connectivity index (χ2v) is 10.6. The summed E-state index contributed by atoms with van der Waals surface area (Å²) in [5.74, 6) is -1.77. The van der Waals surface area contributed by atoms with E-state index in [1.165, 1.54) is 30.4 Å². The van der Waals surface area contributed by atoms with Crippen LogP contribution in [0, 0.1) is 10.8 Å². The molecule has 9 nitrogen and oxygen atoms in total. The van der Waals surface area contributed by atoms with Crippen LogP contribution in [0.1, 0.15) is 40.0 Å². The molecule has 0 aromatic heterocycles. The van der Waals surface area contributed by atoms with Crippen molar-refractivity contribution in [1.82, 2.24) is 0 Å². The van der Waals surface area contributed by atoms with Crippen LogP contribution >= 0.6 is 0 Å². The van der Waals surface area contributed by atoms with E-state index in [4.69, 9.17) is 23.7 Å². The number of aliphatic hydroxyl groups excluding tert-OH is 1. The predicted octanol–water partition coefficient (Wildman–Crippen LogP) is 2.09. The van der Waals surface area contributed by atoms with Crippen molar-refractivity contribution in [2.24, 2.45) is 10.8 Å². The van der Waals surface area contributed by atoms with Gasteiger partial charge in [0.05, 0.1) is 24.7 Å². The van der Waals surface area contributed by atoms with Gasteiger partial charge >= 0.3 is 17.9 Å². The lowest BCUT2D eigenvalue weighted by molar-refractivity contribution is -0.232. The van der Waals surface area contributed by atoms with E-state index in [1.54, 1.807) is 6.92 Å². The molecular formula is C27H32O9. The summed E-state index contributed by atoms with van der Waals surface area (Å²) in [5.41, 5.74) is -0.668. The average Bonchev–Trinajstić information content (AvgIpc) is 3.61. The summed E-state index contributed by atoms with van der Waals surface area (Å²) in [6, 6.07) is 0. The van der Waals surface area contributed by atoms with E-state index in [-0.39, 0.29) is 13.2 Å². The maximum atomic E-state index is 12.8. The van der Waals surface area contributed by atoms with Crippen molar-refractivity contribution in [1.29, 1.82) is 0 Å². The lowest BCUT2D eigenvalue weighted by Gasteiger charge is -2.58. The zero-order chi connectivity index (χ0) is 25.7. The summed E-state index contributed by atoms with van der Waals surface area (Å²) in [6.07, 6.45) is 7.09. The maximum Gasteiger partial charge on any atom is 0.331 e. The van der Waals surface area contributed by atoms with Gasteiger partial charge in [-0.25, -0.2) is 14.4 Å². The molecule has 3 fully saturated rings. The van der Waals surface area contributed by atoms with Crippen molar-refractivity contribution in [3.8, 4) is 0 Å². The van der Waals surface area contributed by atoms with Crippen LogP contribution in [0.4, 0.5) is 0 Å². The molecule has 9 heteroatoms. The third kappa shape index (κ3) is 3.76. The number of allylic oxidation sites excluding steroid dienone is 3. The van der Waals surface area contributed by atoms with Crippen molar-refractivity contribution in [2.45, 2.75) is 70.1 Å². The molecule has 0 unspecified atom stereocenters. The van der Waals surface area contributed by atoms with Crippen LogP contribution in [-0.2, 0) is 38.1 Å². The van der Waals surface area contributed by atoms with Gasteiger partial charge in [-0.2, -0.15) is 0 Å². The molecule has 2 saturated heterocycles. The average molecular weight is 501 g/mol. The first kappa shape index (κ1) is 24.9. The van der Waals surface area contributed by atoms with Crippen LogP contribution in [0.2, 0.25) is 0 Å². The highest BCUT2D eigenvalue weighted by molar-refractivity contribution is 5.85. The second kappa shape index (κ2) is 8.97. The van der Waals surface area contributed by atoms with Gasteiger partial charge in [-0.3, -0.25) is 0 Å². The third-order valence-corrected chi connectivity index (χ3v) is 8.65. The van der Waals surface area contributed by atoms with Gasteiger partial charge < -0.3 is 28.8 Å². The molecule has 3 heterocycles. The number of rotatable bonds is 0. The van der Waals surface area contributed by atoms with E-state index in [0.29, 0.717) is 25.0 Å². The van der Waals surface area contributed by atoms with Gasteiger partial charge in [-0.05, 0) is 26.7 Å². The van der Waals surface area contributed by atoms with E-state index >= 15 is 0 Å². The van der Waals surface area contributed by atoms with E-state index in [9.17, 15) is 19.5 Å². The number of cyclic esters (lactones) is 2. The SMILES string of the molecule is CC1=C[C@H]2O[C@@H]3[C@H](O)[C@H]4OC(=O)/C=C\C=C\C(=O)OCC/C(C)=C\C(=O)OC[C@@]2(CC1)[C@]4(C)[C@]31CO1. The van der Waals surface area contributed by atoms with E-state index in [2.05, 4.69) is 0 Å². The highest BCUT2D eigenvalue weighted by Gasteiger charge is 2.85. The van der Waals surface area contributed by atoms with Crippen molar-refractivity contribution in [2.75, 3.05) is 19.8 Å². The molecule has 5 aliphatic rings. The number of carbonyl (C=O) groups excluding carboxylic acids is 3. The minimum atomic E-state index is -1.13. The van der Waals surface area contributed by atoms with Crippen molar-refractivity contribution < 1.29 is 43.2 Å². The quantitative estimate of drug-likeness (QED) is 0.231. The standard InChI is InChI=1S/C27H32O9/c1-16-8-10-26-14-33-21(30)13-17(2)9-11-32-19(28)6-4-5-7-20(29)36-23-22(31)24(35-18(26)12-16)27(15-34-27)25(23,26)3/h4-7,12-13,18,22-24,31H,8-11,14-15H2,1-3H3/b6-4+,7-5-,17-13-/t18-,22-,23-,24-,25-,26-,27+/m1/s1. The Morgan fingerprint density at radius 3 is 2.36 bits per heavy atom. The van der Waals surface area contributed by atoms with E-state index < -0.39 is 58.8 Å². The summed E-state index contributed by atoms with van der Waals surface area (Å²) < 4.78 is 29.3. The summed E-state index contributed by atoms with van der Waals surface area (Å²) in [4.78, 5) is 37.4. The lowest BCUT2D eigenvalue weighted by atomic mass is 9.51. The molecule has 5 rings (SSSR count). The largest absolute Gasteiger partial charge is 0.462 e. The van der Waals surface area contributed by atoms with Crippen LogP contribution in [0.5, 0.6) is 0 Å². The Hall–Kier alpha value is -2.75. The maximum absolute atomic E-state index is 12.8. The van der Waals surface area contributed by atoms with Crippen LogP contribution in [-0.4, -0.2) is 72.9 Å². The Labute approximate surface area is 209 Å². The van der Waals surface area contributed by atoms with Gasteiger partial charge in [0.15, 0.2) is 0 Å². The first-order valence-electron chi connectivity index (χ1n) is 12.3. The van der Waals surface area contributed by atoms with Gasteiger partial charge in [0.1, 0.15) is 30.5 Å². The normalized spacial score (nSPS) is 46.1. The van der Waals surface area contributed by atoms with E-state index in [0.717, 1.165) is 12.0 Å². The van der Waals surface area contributed by atoms with Gasteiger partial charge in [-0.15, -0.1) is 0 Å². The molecular weight excluding hydrogens is 468 g/mol. The van der Waals surface area contributed by atoms with Gasteiger partial charge in [0, 0.05) is 30.1 Å². The molecule has 36 heavy (non-hydrogen) atoms. The first-order valence-corrected chi connectivity index (χ1v) is 12.3. The summed E-state index contributed by atoms with van der Waals surface area (Å²) in [5, 5.41) is 11.3. The monoisotopic (exact) mass is 500 g/mol. The number of hydrogen-bond acceptors (Lipinski definition) is 9. The van der Waals surface area contributed by atoms with Crippen LogP contribution in [0.25, 0.3) is 0 Å². The smallest absolute Gasteiger partial charge is 0.331 e. The van der Waals surface area contributed by atoms with Gasteiger partial charge in [0.25, 0.3) is 0 Å². The molecule has 0 amide bonds. The zero-order valence-electron chi connectivity index (χ0n) is 20.7. The first-order chi connectivity index (χ1) is 17.1. The number of hydrogen-bond donors (Lipinski definition) is 1. The van der Waals surface area contributed by atoms with E-state index in [1.807, 2.05) is 19.9 Å². The third-order valence-electron chi connectivity index (χ3n) is 8.65. The number of ether oxygens (including phenoxy) is 5. The molecule has 2 aliphatic carbocycles. The highest BCUT2D eigenvalue weighted by atomic mass is 16.7. The Balaban J connectivity index is 1.57. The number of aliphatic hydroxyl groups is 1. The lowest BCUT2D eigenvalue weighted by Crippen LogP contribution is -2.66. The molecule has 0 aromatic rings. The second-order valence-electron chi connectivity index (χ2n) is 10.6. The number of esters is 3. The van der Waals surface area contributed by atoms with Crippen molar-refractivity contribution in [3.05, 3.63) is 47.6 Å². The minimum absolute atomic E-state index is 0.00667. The number of epoxide rings is 1. The van der Waals surface area contributed by atoms with Gasteiger partial charge in [-0.1, -0.05) is 36.3 Å². The van der Waals surface area contributed by atoms with Crippen LogP contribution < -0.4 is 0 Å². The van der Waals surface area contributed by atoms with Crippen LogP contribution in [0.15, 0.2) is 47.6 Å². The molecule has 1 N–H and O–H groups in total. The Morgan fingerprint density at radius 2 is 1.64 bits per heavy atom. The Morgan fingerprint density at radius 1 is 0.917 bits per heavy atom. The Kier molecular flexibility index (Phi) is 6.21. The number of carbonyl (C=O) groups is 3.